The fourth-order valence-corrected chi connectivity index (χ4v) is 0.745. The molecule has 0 saturated carbocycles. The molecule has 4 heteroatoms. The van der Waals surface area contributed by atoms with E-state index in [1.165, 1.54) is 13.3 Å². The third kappa shape index (κ3) is 1.59. The molecule has 0 aliphatic carbocycles. The summed E-state index contributed by atoms with van der Waals surface area (Å²) in [4.78, 5) is 3.85. The second-order valence-electron chi connectivity index (χ2n) is 2.05. The lowest BCUT2D eigenvalue weighted by Crippen LogP contribution is -1.99. The predicted molar refractivity (Wildman–Crippen MR) is 40.3 cm³/mol. The molecule has 0 spiro atoms. The molecule has 1 rings (SSSR count). The Hall–Kier alpha value is -1.29. The zero-order valence-electron chi connectivity index (χ0n) is 6.24. The first-order valence-electron chi connectivity index (χ1n) is 3.20. The van der Waals surface area contributed by atoms with Gasteiger partial charge in [0, 0.05) is 12.6 Å². The summed E-state index contributed by atoms with van der Waals surface area (Å²) in [7, 11) is 1.48. The maximum absolute atomic E-state index is 9.10. The van der Waals surface area contributed by atoms with Crippen LogP contribution in [0.5, 0.6) is 11.5 Å². The van der Waals surface area contributed by atoms with Crippen LogP contribution in [-0.4, -0.2) is 17.2 Å². The van der Waals surface area contributed by atoms with Gasteiger partial charge in [-0.1, -0.05) is 0 Å². The topological polar surface area (TPSA) is 68.4 Å². The minimum atomic E-state index is 0.0321. The molecule has 11 heavy (non-hydrogen) atoms. The number of aromatic hydroxyl groups is 1. The van der Waals surface area contributed by atoms with Crippen molar-refractivity contribution in [2.24, 2.45) is 5.73 Å². The van der Waals surface area contributed by atoms with Crippen molar-refractivity contribution in [1.82, 2.24) is 4.98 Å². The summed E-state index contributed by atoms with van der Waals surface area (Å²) in [6, 6.07) is 1.61. The van der Waals surface area contributed by atoms with E-state index in [0.717, 1.165) is 0 Å². The van der Waals surface area contributed by atoms with Gasteiger partial charge in [0.25, 0.3) is 0 Å². The molecule has 4 nitrogen and oxygen atoms in total. The number of hydrogen-bond acceptors (Lipinski definition) is 4. The summed E-state index contributed by atoms with van der Waals surface area (Å²) in [6.07, 6.45) is 1.32. The minimum absolute atomic E-state index is 0.0321. The molecule has 0 aromatic carbocycles. The van der Waals surface area contributed by atoms with Gasteiger partial charge in [-0.05, 0) is 0 Å². The summed E-state index contributed by atoms with van der Waals surface area (Å²) >= 11 is 0. The Morgan fingerprint density at radius 2 is 2.45 bits per heavy atom. The third-order valence-electron chi connectivity index (χ3n) is 1.33. The van der Waals surface area contributed by atoms with Gasteiger partial charge in [0.05, 0.1) is 19.0 Å². The number of methoxy groups -OCH3 is 1. The molecule has 3 N–H and O–H groups in total. The number of rotatable bonds is 2. The number of ether oxygens (including phenoxy) is 1. The molecule has 1 aromatic heterocycles. The molecule has 0 fully saturated rings. The Bertz CT molecular complexity index is 250. The Morgan fingerprint density at radius 3 is 3.00 bits per heavy atom. The fourth-order valence-electron chi connectivity index (χ4n) is 0.745. The molecule has 0 saturated heterocycles. The van der Waals surface area contributed by atoms with Crippen LogP contribution in [0.3, 0.4) is 0 Å². The van der Waals surface area contributed by atoms with E-state index in [1.54, 1.807) is 6.07 Å². The van der Waals surface area contributed by atoms with E-state index in [0.29, 0.717) is 18.0 Å². The van der Waals surface area contributed by atoms with E-state index in [-0.39, 0.29) is 5.75 Å². The van der Waals surface area contributed by atoms with Crippen molar-refractivity contribution in [2.45, 2.75) is 6.54 Å². The molecule has 0 atom stereocenters. The van der Waals surface area contributed by atoms with Gasteiger partial charge in [-0.2, -0.15) is 0 Å². The monoisotopic (exact) mass is 154 g/mol. The van der Waals surface area contributed by atoms with Crippen LogP contribution in [0.15, 0.2) is 12.3 Å². The summed E-state index contributed by atoms with van der Waals surface area (Å²) in [5, 5.41) is 9.10. The van der Waals surface area contributed by atoms with Crippen LogP contribution in [-0.2, 0) is 6.54 Å². The molecular formula is C7H10N2O2. The molecule has 0 unspecified atom stereocenters. The lowest BCUT2D eigenvalue weighted by Gasteiger charge is -2.03. The van der Waals surface area contributed by atoms with Crippen molar-refractivity contribution in [3.8, 4) is 11.5 Å². The number of hydrogen-bond donors (Lipinski definition) is 2. The molecule has 60 valence electrons. The molecule has 0 amide bonds. The molecule has 0 aliphatic heterocycles. The average Bonchev–Trinajstić information content (AvgIpc) is 2.05. The lowest BCUT2D eigenvalue weighted by molar-refractivity contribution is 0.371. The van der Waals surface area contributed by atoms with Gasteiger partial charge >= 0.3 is 0 Å². The van der Waals surface area contributed by atoms with Crippen molar-refractivity contribution in [1.29, 1.82) is 0 Å². The van der Waals surface area contributed by atoms with Crippen LogP contribution in [0.25, 0.3) is 0 Å². The first kappa shape index (κ1) is 7.81. The van der Waals surface area contributed by atoms with Crippen LogP contribution in [0.1, 0.15) is 5.69 Å². The molecule has 0 radical (unpaired) electrons. The van der Waals surface area contributed by atoms with Gasteiger partial charge < -0.3 is 15.6 Å². The summed E-state index contributed by atoms with van der Waals surface area (Å²) < 4.78 is 4.84. The van der Waals surface area contributed by atoms with Crippen molar-refractivity contribution in [3.05, 3.63) is 18.0 Å². The first-order valence-corrected chi connectivity index (χ1v) is 3.20. The summed E-state index contributed by atoms with van der Waals surface area (Å²) in [6.45, 7) is 0.344. The van der Waals surface area contributed by atoms with Gasteiger partial charge in [-0.25, -0.2) is 0 Å². The van der Waals surface area contributed by atoms with Gasteiger partial charge in [0.1, 0.15) is 0 Å². The lowest BCUT2D eigenvalue weighted by atomic mass is 10.3. The van der Waals surface area contributed by atoms with Crippen LogP contribution in [0.2, 0.25) is 0 Å². The van der Waals surface area contributed by atoms with Crippen molar-refractivity contribution in [3.63, 3.8) is 0 Å². The van der Waals surface area contributed by atoms with Crippen molar-refractivity contribution >= 4 is 0 Å². The molecule has 1 heterocycles. The maximum Gasteiger partial charge on any atom is 0.176 e. The largest absolute Gasteiger partial charge is 0.503 e. The normalized spacial score (nSPS) is 9.64. The summed E-state index contributed by atoms with van der Waals surface area (Å²) in [5.41, 5.74) is 6.02. The second kappa shape index (κ2) is 3.21. The number of aromatic nitrogens is 1. The summed E-state index contributed by atoms with van der Waals surface area (Å²) in [5.74, 6) is 0.435. The van der Waals surface area contributed by atoms with Crippen LogP contribution >= 0.6 is 0 Å². The minimum Gasteiger partial charge on any atom is -0.503 e. The van der Waals surface area contributed by atoms with E-state index in [2.05, 4.69) is 4.98 Å². The first-order chi connectivity index (χ1) is 5.27. The smallest absolute Gasteiger partial charge is 0.176 e. The van der Waals surface area contributed by atoms with Gasteiger partial charge in [0.15, 0.2) is 11.5 Å². The van der Waals surface area contributed by atoms with E-state index in [9.17, 15) is 0 Å². The zero-order valence-corrected chi connectivity index (χ0v) is 6.24. The van der Waals surface area contributed by atoms with E-state index >= 15 is 0 Å². The Labute approximate surface area is 64.6 Å². The molecule has 0 bridgehead atoms. The van der Waals surface area contributed by atoms with Crippen LogP contribution in [0.4, 0.5) is 0 Å². The van der Waals surface area contributed by atoms with Gasteiger partial charge in [-0.3, -0.25) is 4.98 Å². The SMILES string of the molecule is COc1cc(CN)ncc1O. The molecular weight excluding hydrogens is 144 g/mol. The van der Waals surface area contributed by atoms with E-state index in [4.69, 9.17) is 15.6 Å². The van der Waals surface area contributed by atoms with Crippen molar-refractivity contribution < 1.29 is 9.84 Å². The van der Waals surface area contributed by atoms with Crippen molar-refractivity contribution in [2.75, 3.05) is 7.11 Å². The maximum atomic E-state index is 9.10. The Morgan fingerprint density at radius 1 is 1.73 bits per heavy atom. The highest BCUT2D eigenvalue weighted by Gasteiger charge is 2.01. The number of pyridine rings is 1. The zero-order chi connectivity index (χ0) is 8.27. The highest BCUT2D eigenvalue weighted by atomic mass is 16.5. The van der Waals surface area contributed by atoms with Gasteiger partial charge in [0.2, 0.25) is 0 Å². The van der Waals surface area contributed by atoms with E-state index < -0.39 is 0 Å². The highest BCUT2D eigenvalue weighted by molar-refractivity contribution is 5.37. The second-order valence-corrected chi connectivity index (χ2v) is 2.05. The average molecular weight is 154 g/mol. The Balaban J connectivity index is 3.02. The quantitative estimate of drug-likeness (QED) is 0.640. The standard InChI is InChI=1S/C7H10N2O2/c1-11-7-2-5(3-8)9-4-6(7)10/h2,4,10H,3,8H2,1H3. The molecule has 0 aliphatic rings. The van der Waals surface area contributed by atoms with E-state index in [1.807, 2.05) is 0 Å². The third-order valence-corrected chi connectivity index (χ3v) is 1.33. The van der Waals surface area contributed by atoms with Crippen LogP contribution < -0.4 is 10.5 Å². The van der Waals surface area contributed by atoms with Gasteiger partial charge in [-0.15, -0.1) is 0 Å². The number of nitrogens with two attached hydrogens (primary N) is 1. The number of nitrogens with zero attached hydrogens (tertiary/aromatic N) is 1. The predicted octanol–water partition coefficient (Wildman–Crippen LogP) is 0.254. The molecule has 1 aromatic rings. The Kier molecular flexibility index (Phi) is 2.28. The van der Waals surface area contributed by atoms with Crippen LogP contribution in [0, 0.1) is 0 Å². The highest BCUT2D eigenvalue weighted by Crippen LogP contribution is 2.23. The fraction of sp³-hybridized carbons (Fsp3) is 0.286.